The average Bonchev–Trinajstić information content (AvgIpc) is 2.78. The molecule has 0 aliphatic carbocycles. The molecule has 2 aromatic rings. The summed E-state index contributed by atoms with van der Waals surface area (Å²) in [6, 6.07) is 10.9. The molecule has 1 aliphatic rings. The van der Waals surface area contributed by atoms with Gasteiger partial charge in [-0.3, -0.25) is 4.79 Å². The van der Waals surface area contributed by atoms with E-state index in [0.29, 0.717) is 28.4 Å². The molecule has 8 heteroatoms. The van der Waals surface area contributed by atoms with Crippen LogP contribution in [0.25, 0.3) is 0 Å². The Morgan fingerprint density at radius 1 is 1.03 bits per heavy atom. The van der Waals surface area contributed by atoms with E-state index in [1.807, 2.05) is 12.1 Å². The van der Waals surface area contributed by atoms with Crippen molar-refractivity contribution in [1.82, 2.24) is 5.43 Å². The Hall–Kier alpha value is -3.26. The highest BCUT2D eigenvalue weighted by Gasteiger charge is 2.13. The lowest BCUT2D eigenvalue weighted by molar-refractivity contribution is 0.0955. The van der Waals surface area contributed by atoms with Crippen LogP contribution < -0.4 is 24.5 Å². The van der Waals surface area contributed by atoms with Crippen LogP contribution >= 0.6 is 0 Å². The second kappa shape index (κ2) is 9.79. The minimum absolute atomic E-state index is 0.290. The minimum Gasteiger partial charge on any atom is -0.493 e. The fourth-order valence-electron chi connectivity index (χ4n) is 3.05. The topological polar surface area (TPSA) is 81.6 Å². The third-order valence-electron chi connectivity index (χ3n) is 4.57. The maximum atomic E-state index is 12.3. The number of benzene rings is 2. The molecule has 1 fully saturated rings. The zero-order valence-electron chi connectivity index (χ0n) is 16.8. The Morgan fingerprint density at radius 3 is 2.21 bits per heavy atom. The molecular formula is C21H25N3O5. The number of nitrogens with one attached hydrogen (secondary N) is 1. The zero-order chi connectivity index (χ0) is 20.6. The summed E-state index contributed by atoms with van der Waals surface area (Å²) in [6.45, 7) is 3.14. The van der Waals surface area contributed by atoms with Crippen molar-refractivity contribution in [3.8, 4) is 17.2 Å². The number of carbonyl (C=O) groups excluding carboxylic acids is 1. The van der Waals surface area contributed by atoms with Gasteiger partial charge in [-0.15, -0.1) is 0 Å². The molecule has 0 aromatic heterocycles. The van der Waals surface area contributed by atoms with Crippen molar-refractivity contribution in [3.63, 3.8) is 0 Å². The van der Waals surface area contributed by atoms with E-state index >= 15 is 0 Å². The van der Waals surface area contributed by atoms with Gasteiger partial charge in [-0.05, 0) is 36.4 Å². The number of nitrogens with zero attached hydrogens (tertiary/aromatic N) is 2. The SMILES string of the molecule is COc1cc(/C=N/NC(=O)c2ccc(N3CCOCC3)cc2)cc(OC)c1OC. The van der Waals surface area contributed by atoms with E-state index in [0.717, 1.165) is 32.0 Å². The molecule has 0 unspecified atom stereocenters. The summed E-state index contributed by atoms with van der Waals surface area (Å²) in [7, 11) is 4.62. The summed E-state index contributed by atoms with van der Waals surface area (Å²) in [5.74, 6) is 1.23. The summed E-state index contributed by atoms with van der Waals surface area (Å²) in [4.78, 5) is 14.6. The van der Waals surface area contributed by atoms with Crippen LogP contribution in [0.4, 0.5) is 5.69 Å². The van der Waals surface area contributed by atoms with Crippen LogP contribution in [0, 0.1) is 0 Å². The largest absolute Gasteiger partial charge is 0.493 e. The van der Waals surface area contributed by atoms with Gasteiger partial charge in [0.05, 0.1) is 40.8 Å². The van der Waals surface area contributed by atoms with E-state index in [2.05, 4.69) is 15.4 Å². The summed E-state index contributed by atoms with van der Waals surface area (Å²) in [5.41, 5.74) is 4.84. The van der Waals surface area contributed by atoms with Crippen LogP contribution in [0.2, 0.25) is 0 Å². The maximum absolute atomic E-state index is 12.3. The fourth-order valence-corrected chi connectivity index (χ4v) is 3.05. The Balaban J connectivity index is 1.65. The van der Waals surface area contributed by atoms with Crippen molar-refractivity contribution >= 4 is 17.8 Å². The molecule has 0 bridgehead atoms. The van der Waals surface area contributed by atoms with Crippen LogP contribution in [-0.2, 0) is 4.74 Å². The second-order valence-electron chi connectivity index (χ2n) is 6.30. The third-order valence-corrected chi connectivity index (χ3v) is 4.57. The van der Waals surface area contributed by atoms with Crippen molar-refractivity contribution in [1.29, 1.82) is 0 Å². The summed E-state index contributed by atoms with van der Waals surface area (Å²) in [5, 5.41) is 4.03. The molecule has 3 rings (SSSR count). The fraction of sp³-hybridized carbons (Fsp3) is 0.333. The van der Waals surface area contributed by atoms with Crippen molar-refractivity contribution < 1.29 is 23.7 Å². The number of morpholine rings is 1. The summed E-state index contributed by atoms with van der Waals surface area (Å²) in [6.07, 6.45) is 1.52. The standard InChI is InChI=1S/C21H25N3O5/c1-26-18-12-15(13-19(27-2)20(18)28-3)14-22-23-21(25)16-4-6-17(7-5-16)24-8-10-29-11-9-24/h4-7,12-14H,8-11H2,1-3H3,(H,23,25)/b22-14+. The first-order valence-electron chi connectivity index (χ1n) is 9.22. The van der Waals surface area contributed by atoms with E-state index in [9.17, 15) is 4.79 Å². The molecule has 0 radical (unpaired) electrons. The molecule has 1 N–H and O–H groups in total. The molecule has 29 heavy (non-hydrogen) atoms. The normalized spacial score (nSPS) is 14.0. The molecule has 1 saturated heterocycles. The first-order valence-corrected chi connectivity index (χ1v) is 9.22. The number of amides is 1. The predicted molar refractivity (Wildman–Crippen MR) is 111 cm³/mol. The highest BCUT2D eigenvalue weighted by Crippen LogP contribution is 2.37. The van der Waals surface area contributed by atoms with Crippen LogP contribution in [-0.4, -0.2) is 59.8 Å². The van der Waals surface area contributed by atoms with Crippen LogP contribution in [0.3, 0.4) is 0 Å². The van der Waals surface area contributed by atoms with Gasteiger partial charge in [0.15, 0.2) is 11.5 Å². The molecule has 1 heterocycles. The number of rotatable bonds is 7. The Bertz CT molecular complexity index is 836. The highest BCUT2D eigenvalue weighted by atomic mass is 16.5. The van der Waals surface area contributed by atoms with E-state index in [1.54, 1.807) is 45.6 Å². The van der Waals surface area contributed by atoms with Gasteiger partial charge >= 0.3 is 0 Å². The molecule has 1 amide bonds. The molecule has 1 aliphatic heterocycles. The number of anilines is 1. The quantitative estimate of drug-likeness (QED) is 0.568. The smallest absolute Gasteiger partial charge is 0.271 e. The lowest BCUT2D eigenvalue weighted by atomic mass is 10.2. The van der Waals surface area contributed by atoms with Gasteiger partial charge in [-0.1, -0.05) is 0 Å². The third kappa shape index (κ3) is 4.97. The van der Waals surface area contributed by atoms with Crippen LogP contribution in [0.5, 0.6) is 17.2 Å². The van der Waals surface area contributed by atoms with E-state index < -0.39 is 0 Å². The number of hydrogen-bond acceptors (Lipinski definition) is 7. The molecular weight excluding hydrogens is 374 g/mol. The van der Waals surface area contributed by atoms with Gasteiger partial charge in [-0.2, -0.15) is 5.10 Å². The zero-order valence-corrected chi connectivity index (χ0v) is 16.8. The Labute approximate surface area is 170 Å². The predicted octanol–water partition coefficient (Wildman–Crippen LogP) is 2.31. The number of methoxy groups -OCH3 is 3. The van der Waals surface area contributed by atoms with Crippen molar-refractivity contribution in [2.75, 3.05) is 52.5 Å². The average molecular weight is 399 g/mol. The van der Waals surface area contributed by atoms with E-state index in [4.69, 9.17) is 18.9 Å². The van der Waals surface area contributed by atoms with Gasteiger partial charge < -0.3 is 23.8 Å². The lowest BCUT2D eigenvalue weighted by Crippen LogP contribution is -2.36. The Kier molecular flexibility index (Phi) is 6.91. The summed E-state index contributed by atoms with van der Waals surface area (Å²) < 4.78 is 21.3. The second-order valence-corrected chi connectivity index (χ2v) is 6.30. The number of carbonyl (C=O) groups is 1. The van der Waals surface area contributed by atoms with Gasteiger partial charge in [0.25, 0.3) is 5.91 Å². The summed E-state index contributed by atoms with van der Waals surface area (Å²) >= 11 is 0. The molecule has 154 valence electrons. The highest BCUT2D eigenvalue weighted by molar-refractivity contribution is 5.95. The number of ether oxygens (including phenoxy) is 4. The molecule has 0 saturated carbocycles. The maximum Gasteiger partial charge on any atom is 0.271 e. The van der Waals surface area contributed by atoms with Crippen molar-refractivity contribution in [2.45, 2.75) is 0 Å². The lowest BCUT2D eigenvalue weighted by Gasteiger charge is -2.28. The van der Waals surface area contributed by atoms with E-state index in [-0.39, 0.29) is 5.91 Å². The van der Waals surface area contributed by atoms with Gasteiger partial charge in [0, 0.05) is 29.9 Å². The number of hydrogen-bond donors (Lipinski definition) is 1. The van der Waals surface area contributed by atoms with Gasteiger partial charge in [0.1, 0.15) is 0 Å². The van der Waals surface area contributed by atoms with Crippen LogP contribution in [0.1, 0.15) is 15.9 Å². The van der Waals surface area contributed by atoms with Crippen molar-refractivity contribution in [3.05, 3.63) is 47.5 Å². The minimum atomic E-state index is -0.290. The monoisotopic (exact) mass is 399 g/mol. The van der Waals surface area contributed by atoms with Crippen LogP contribution in [0.15, 0.2) is 41.5 Å². The van der Waals surface area contributed by atoms with Gasteiger partial charge in [-0.25, -0.2) is 5.43 Å². The van der Waals surface area contributed by atoms with Gasteiger partial charge in [0.2, 0.25) is 5.75 Å². The van der Waals surface area contributed by atoms with Crippen molar-refractivity contribution in [2.24, 2.45) is 5.10 Å². The molecule has 2 aromatic carbocycles. The molecule has 0 spiro atoms. The first-order chi connectivity index (χ1) is 14.2. The number of hydrazone groups is 1. The Morgan fingerprint density at radius 2 is 1.66 bits per heavy atom. The molecule has 0 atom stereocenters. The molecule has 8 nitrogen and oxygen atoms in total. The van der Waals surface area contributed by atoms with E-state index in [1.165, 1.54) is 6.21 Å². The first kappa shape index (κ1) is 20.5.